The largest absolute Gasteiger partial charge is 0.464 e. The topological polar surface area (TPSA) is 85.6 Å². The lowest BCUT2D eigenvalue weighted by atomic mass is 10.2. The third kappa shape index (κ3) is 4.29. The summed E-state index contributed by atoms with van der Waals surface area (Å²) in [6.45, 7) is -0.108. The molecule has 0 saturated carbocycles. The Bertz CT molecular complexity index is 1110. The summed E-state index contributed by atoms with van der Waals surface area (Å²) in [6.07, 6.45) is -4.78. The van der Waals surface area contributed by atoms with Gasteiger partial charge in [0.1, 0.15) is 11.5 Å². The molecule has 3 aromatic rings. The average molecular weight is 431 g/mol. The van der Waals surface area contributed by atoms with Crippen LogP contribution in [0.15, 0.2) is 30.3 Å². The number of carbonyl (C=O) groups excluding carboxylic acids is 2. The van der Waals surface area contributed by atoms with Gasteiger partial charge in [0.05, 0.1) is 12.1 Å². The van der Waals surface area contributed by atoms with Gasteiger partial charge >= 0.3 is 12.1 Å². The highest BCUT2D eigenvalue weighted by molar-refractivity contribution is 6.30. The molecule has 0 aliphatic carbocycles. The molecule has 1 amide bonds. The first kappa shape index (κ1) is 20.5. The Morgan fingerprint density at radius 1 is 1.24 bits per heavy atom. The summed E-state index contributed by atoms with van der Waals surface area (Å²) in [7, 11) is 1.06. The number of aromatic nitrogens is 3. The maximum absolute atomic E-state index is 13.2. The lowest BCUT2D eigenvalue weighted by Crippen LogP contribution is -2.26. The van der Waals surface area contributed by atoms with Crippen molar-refractivity contribution in [3.8, 4) is 0 Å². The lowest BCUT2D eigenvalue weighted by Gasteiger charge is -2.09. The molecule has 0 radical (unpaired) electrons. The lowest BCUT2D eigenvalue weighted by molar-refractivity contribution is -0.141. The molecule has 1 N–H and O–H groups in total. The Morgan fingerprint density at radius 2 is 1.97 bits per heavy atom. The second kappa shape index (κ2) is 7.66. The zero-order valence-corrected chi connectivity index (χ0v) is 15.3. The Labute approximate surface area is 165 Å². The van der Waals surface area contributed by atoms with Crippen molar-refractivity contribution in [1.82, 2.24) is 19.9 Å². The van der Waals surface area contributed by atoms with Crippen LogP contribution in [0, 0.1) is 5.82 Å². The summed E-state index contributed by atoms with van der Waals surface area (Å²) in [5.41, 5.74) is -1.95. The summed E-state index contributed by atoms with van der Waals surface area (Å²) in [4.78, 5) is 28.1. The van der Waals surface area contributed by atoms with Crippen molar-refractivity contribution in [1.29, 1.82) is 0 Å². The van der Waals surface area contributed by atoms with Crippen LogP contribution in [0.4, 0.5) is 17.6 Å². The molecule has 0 saturated heterocycles. The minimum Gasteiger partial charge on any atom is -0.464 e. The fourth-order valence-electron chi connectivity index (χ4n) is 2.41. The van der Waals surface area contributed by atoms with Gasteiger partial charge in [0.15, 0.2) is 17.0 Å². The van der Waals surface area contributed by atoms with Gasteiger partial charge in [-0.2, -0.15) is 18.3 Å². The minimum absolute atomic E-state index is 0.108. The highest BCUT2D eigenvalue weighted by Gasteiger charge is 2.35. The van der Waals surface area contributed by atoms with E-state index in [1.54, 1.807) is 0 Å². The van der Waals surface area contributed by atoms with E-state index >= 15 is 0 Å². The highest BCUT2D eigenvalue weighted by atomic mass is 35.5. The Kier molecular flexibility index (Phi) is 5.42. The molecule has 1 aromatic carbocycles. The summed E-state index contributed by atoms with van der Waals surface area (Å²) < 4.78 is 57.4. The van der Waals surface area contributed by atoms with Gasteiger partial charge in [-0.15, -0.1) is 0 Å². The Hall–Kier alpha value is -3.21. The van der Waals surface area contributed by atoms with Crippen LogP contribution in [0.1, 0.15) is 32.2 Å². The predicted molar refractivity (Wildman–Crippen MR) is 91.9 cm³/mol. The molecule has 12 heteroatoms. The van der Waals surface area contributed by atoms with E-state index in [-0.39, 0.29) is 28.6 Å². The van der Waals surface area contributed by atoms with E-state index < -0.39 is 29.6 Å². The van der Waals surface area contributed by atoms with Gasteiger partial charge in [-0.1, -0.05) is 17.7 Å². The Morgan fingerprint density at radius 3 is 2.59 bits per heavy atom. The SMILES string of the molecule is COC(=O)c1cc(C(=O)NCc2ccc(F)c(Cl)c2)n2nc(C(F)(F)F)cc2n1. The smallest absolute Gasteiger partial charge is 0.435 e. The van der Waals surface area contributed by atoms with Gasteiger partial charge in [-0.05, 0) is 17.7 Å². The number of nitrogens with zero attached hydrogens (tertiary/aromatic N) is 3. The second-order valence-electron chi connectivity index (χ2n) is 5.75. The number of rotatable bonds is 4. The van der Waals surface area contributed by atoms with Crippen LogP contribution in [-0.4, -0.2) is 33.6 Å². The number of ether oxygens (including phenoxy) is 1. The zero-order valence-electron chi connectivity index (χ0n) is 14.6. The van der Waals surface area contributed by atoms with Crippen LogP contribution in [0.25, 0.3) is 5.65 Å². The van der Waals surface area contributed by atoms with Gasteiger partial charge in [-0.25, -0.2) is 18.7 Å². The maximum Gasteiger partial charge on any atom is 0.435 e. The fourth-order valence-corrected chi connectivity index (χ4v) is 2.61. The van der Waals surface area contributed by atoms with Gasteiger partial charge in [-0.3, -0.25) is 4.79 Å². The van der Waals surface area contributed by atoms with E-state index in [2.05, 4.69) is 20.1 Å². The van der Waals surface area contributed by atoms with Crippen molar-refractivity contribution in [2.75, 3.05) is 7.11 Å². The number of benzene rings is 1. The van der Waals surface area contributed by atoms with Crippen LogP contribution < -0.4 is 5.32 Å². The van der Waals surface area contributed by atoms with E-state index in [1.807, 2.05) is 0 Å². The summed E-state index contributed by atoms with van der Waals surface area (Å²) in [6, 6.07) is 5.32. The Balaban J connectivity index is 1.98. The number of hydrogen-bond donors (Lipinski definition) is 1. The summed E-state index contributed by atoms with van der Waals surface area (Å²) >= 11 is 5.67. The van der Waals surface area contributed by atoms with Gasteiger partial charge < -0.3 is 10.1 Å². The zero-order chi connectivity index (χ0) is 21.3. The van der Waals surface area contributed by atoms with E-state index in [4.69, 9.17) is 11.6 Å². The molecule has 0 aliphatic rings. The number of methoxy groups -OCH3 is 1. The van der Waals surface area contributed by atoms with Gasteiger partial charge in [0.25, 0.3) is 5.91 Å². The van der Waals surface area contributed by atoms with E-state index in [9.17, 15) is 27.2 Å². The van der Waals surface area contributed by atoms with Crippen molar-refractivity contribution >= 4 is 29.1 Å². The van der Waals surface area contributed by atoms with Gasteiger partial charge in [0, 0.05) is 18.7 Å². The number of halogens is 5. The van der Waals surface area contributed by atoms with E-state index in [0.717, 1.165) is 19.2 Å². The molecule has 2 aromatic heterocycles. The van der Waals surface area contributed by atoms with E-state index in [0.29, 0.717) is 16.1 Å². The molecule has 0 atom stereocenters. The molecular weight excluding hydrogens is 420 g/mol. The molecule has 0 unspecified atom stereocenters. The normalized spacial score (nSPS) is 11.5. The molecule has 7 nitrogen and oxygen atoms in total. The third-order valence-electron chi connectivity index (χ3n) is 3.78. The van der Waals surface area contributed by atoms with Crippen molar-refractivity contribution in [3.05, 3.63) is 63.8 Å². The number of amides is 1. The molecule has 152 valence electrons. The summed E-state index contributed by atoms with van der Waals surface area (Å²) in [5, 5.41) is 5.65. The second-order valence-corrected chi connectivity index (χ2v) is 6.15. The first-order valence-corrected chi connectivity index (χ1v) is 8.26. The van der Waals surface area contributed by atoms with Crippen molar-refractivity contribution in [2.45, 2.75) is 12.7 Å². The molecule has 0 spiro atoms. The van der Waals surface area contributed by atoms with E-state index in [1.165, 1.54) is 12.1 Å². The molecule has 2 heterocycles. The van der Waals surface area contributed by atoms with Crippen molar-refractivity contribution < 1.29 is 31.9 Å². The number of nitrogens with one attached hydrogen (secondary N) is 1. The quantitative estimate of drug-likeness (QED) is 0.507. The van der Waals surface area contributed by atoms with Crippen LogP contribution in [0.5, 0.6) is 0 Å². The molecule has 29 heavy (non-hydrogen) atoms. The van der Waals surface area contributed by atoms with Crippen molar-refractivity contribution in [2.24, 2.45) is 0 Å². The number of fused-ring (bicyclic) bond motifs is 1. The predicted octanol–water partition coefficient (Wildman–Crippen LogP) is 3.26. The molecule has 0 aliphatic heterocycles. The molecule has 0 fully saturated rings. The molecule has 3 rings (SSSR count). The summed E-state index contributed by atoms with van der Waals surface area (Å²) in [5.74, 6) is -2.43. The number of alkyl halides is 3. The number of esters is 1. The van der Waals surface area contributed by atoms with Crippen LogP contribution >= 0.6 is 11.6 Å². The number of carbonyl (C=O) groups is 2. The van der Waals surface area contributed by atoms with Gasteiger partial charge in [0.2, 0.25) is 0 Å². The highest BCUT2D eigenvalue weighted by Crippen LogP contribution is 2.29. The monoisotopic (exact) mass is 430 g/mol. The van der Waals surface area contributed by atoms with Crippen molar-refractivity contribution in [3.63, 3.8) is 0 Å². The first-order valence-electron chi connectivity index (χ1n) is 7.88. The third-order valence-corrected chi connectivity index (χ3v) is 4.07. The van der Waals surface area contributed by atoms with Crippen LogP contribution in [0.2, 0.25) is 5.02 Å². The number of hydrogen-bond acceptors (Lipinski definition) is 5. The average Bonchev–Trinajstić information content (AvgIpc) is 3.12. The minimum atomic E-state index is -4.78. The molecular formula is C17H11ClF4N4O3. The van der Waals surface area contributed by atoms with Crippen LogP contribution in [0.3, 0.4) is 0 Å². The standard InChI is InChI=1S/C17H11ClF4N4O3/c1-29-16(28)11-5-12(26-14(24-11)6-13(25-26)17(20,21)22)15(27)23-7-8-2-3-10(19)9(18)4-8/h2-6H,7H2,1H3,(H,23,27). The van der Waals surface area contributed by atoms with Crippen LogP contribution in [-0.2, 0) is 17.5 Å². The first-order chi connectivity index (χ1) is 13.6. The molecule has 0 bridgehead atoms. The maximum atomic E-state index is 13.2. The fraction of sp³-hybridized carbons (Fsp3) is 0.176.